The van der Waals surface area contributed by atoms with Crippen LogP contribution in [-0.2, 0) is 10.2 Å². The molecule has 0 aliphatic heterocycles. The number of hydrogen-bond donors (Lipinski definition) is 0. The first-order valence-electron chi connectivity index (χ1n) is 4.02. The predicted octanol–water partition coefficient (Wildman–Crippen LogP) is 1.18. The summed E-state index contributed by atoms with van der Waals surface area (Å²) in [7, 11) is -3.31. The Labute approximate surface area is 86.9 Å². The van der Waals surface area contributed by atoms with Crippen molar-refractivity contribution in [1.29, 1.82) is 0 Å². The van der Waals surface area contributed by atoms with Crippen LogP contribution < -0.4 is 4.74 Å². The van der Waals surface area contributed by atoms with Crippen molar-refractivity contribution in [3.8, 4) is 5.75 Å². The van der Waals surface area contributed by atoms with Gasteiger partial charge in [-0.15, -0.1) is 3.89 Å². The average molecular weight is 232 g/mol. The van der Waals surface area contributed by atoms with Gasteiger partial charge >= 0.3 is 10.2 Å². The van der Waals surface area contributed by atoms with Crippen LogP contribution >= 0.6 is 0 Å². The van der Waals surface area contributed by atoms with E-state index >= 15 is 0 Å². The molecule has 0 N–H and O–H groups in total. The molecule has 15 heavy (non-hydrogen) atoms. The lowest BCUT2D eigenvalue weighted by Gasteiger charge is -2.00. The number of Topliss-reactive ketones (excluding diaryl/α,β-unsaturated/α-hetero) is 1. The molecule has 0 spiro atoms. The van der Waals surface area contributed by atoms with Crippen molar-refractivity contribution in [2.45, 2.75) is 0 Å². The first kappa shape index (κ1) is 11.6. The molecule has 0 bridgehead atoms. The summed E-state index contributed by atoms with van der Waals surface area (Å²) in [5, 5.41) is 0. The van der Waals surface area contributed by atoms with Gasteiger partial charge in [-0.25, -0.2) is 0 Å². The third-order valence-electron chi connectivity index (χ3n) is 1.72. The van der Waals surface area contributed by atoms with Crippen LogP contribution in [0.1, 0.15) is 10.4 Å². The fraction of sp³-hybridized carbons (Fsp3) is 0.222. The zero-order valence-electron chi connectivity index (χ0n) is 7.94. The molecule has 1 rings (SSSR count). The molecular weight excluding hydrogens is 223 g/mol. The molecule has 82 valence electrons. The second-order valence-electron chi connectivity index (χ2n) is 2.83. The fourth-order valence-corrected chi connectivity index (χ4v) is 1.50. The van der Waals surface area contributed by atoms with Gasteiger partial charge in [-0.1, -0.05) is 0 Å². The quantitative estimate of drug-likeness (QED) is 0.577. The standard InChI is InChI=1S/C9H9FO4S/c1-14-8-4-2-7(3-5-8)9(11)6-15(10,12)13/h2-5H,6H2,1H3. The van der Waals surface area contributed by atoms with Crippen LogP contribution in [0.15, 0.2) is 24.3 Å². The van der Waals surface area contributed by atoms with Gasteiger partial charge in [-0.3, -0.25) is 4.79 Å². The van der Waals surface area contributed by atoms with Gasteiger partial charge in [-0.05, 0) is 24.3 Å². The van der Waals surface area contributed by atoms with Gasteiger partial charge in [0.05, 0.1) is 7.11 Å². The molecule has 0 amide bonds. The van der Waals surface area contributed by atoms with Gasteiger partial charge in [0.25, 0.3) is 0 Å². The van der Waals surface area contributed by atoms with E-state index in [4.69, 9.17) is 4.74 Å². The van der Waals surface area contributed by atoms with E-state index in [2.05, 4.69) is 0 Å². The third-order valence-corrected chi connectivity index (χ3v) is 2.32. The van der Waals surface area contributed by atoms with Crippen molar-refractivity contribution in [3.05, 3.63) is 29.8 Å². The number of rotatable bonds is 4. The molecule has 6 heteroatoms. The third kappa shape index (κ3) is 3.67. The normalized spacial score (nSPS) is 11.1. The van der Waals surface area contributed by atoms with Crippen LogP contribution in [0.5, 0.6) is 5.75 Å². The van der Waals surface area contributed by atoms with Crippen LogP contribution in [0.4, 0.5) is 3.89 Å². The van der Waals surface area contributed by atoms with Crippen molar-refractivity contribution in [3.63, 3.8) is 0 Å². The van der Waals surface area contributed by atoms with Gasteiger partial charge in [0.15, 0.2) is 5.78 Å². The van der Waals surface area contributed by atoms with E-state index in [1.54, 1.807) is 0 Å². The lowest BCUT2D eigenvalue weighted by atomic mass is 10.1. The summed E-state index contributed by atoms with van der Waals surface area (Å²) in [4.78, 5) is 11.2. The van der Waals surface area contributed by atoms with Gasteiger partial charge in [0.1, 0.15) is 11.5 Å². The molecule has 1 aromatic rings. The van der Waals surface area contributed by atoms with Crippen molar-refractivity contribution in [2.24, 2.45) is 0 Å². The maximum Gasteiger partial charge on any atom is 0.309 e. The molecule has 0 aromatic heterocycles. The van der Waals surface area contributed by atoms with Gasteiger partial charge in [0, 0.05) is 5.56 Å². The fourth-order valence-electron chi connectivity index (χ4n) is 1.02. The second kappa shape index (κ2) is 4.39. The van der Waals surface area contributed by atoms with Crippen molar-refractivity contribution >= 4 is 16.0 Å². The molecule has 0 unspecified atom stereocenters. The summed E-state index contributed by atoms with van der Waals surface area (Å²) in [6.45, 7) is 0. The molecular formula is C9H9FO4S. The highest BCUT2D eigenvalue weighted by Gasteiger charge is 2.16. The van der Waals surface area contributed by atoms with Crippen LogP contribution in [0.3, 0.4) is 0 Å². The molecule has 1 aromatic carbocycles. The topological polar surface area (TPSA) is 60.4 Å². The minimum Gasteiger partial charge on any atom is -0.497 e. The highest BCUT2D eigenvalue weighted by Crippen LogP contribution is 2.12. The molecule has 0 saturated heterocycles. The lowest BCUT2D eigenvalue weighted by molar-refractivity contribution is 0.102. The zero-order chi connectivity index (χ0) is 11.5. The smallest absolute Gasteiger partial charge is 0.309 e. The predicted molar refractivity (Wildman–Crippen MR) is 52.2 cm³/mol. The van der Waals surface area contributed by atoms with Gasteiger partial charge in [0.2, 0.25) is 0 Å². The monoisotopic (exact) mass is 232 g/mol. The van der Waals surface area contributed by atoms with E-state index in [0.29, 0.717) is 5.75 Å². The van der Waals surface area contributed by atoms with E-state index in [0.717, 1.165) is 0 Å². The largest absolute Gasteiger partial charge is 0.497 e. The van der Waals surface area contributed by atoms with Gasteiger partial charge in [-0.2, -0.15) is 8.42 Å². The maximum absolute atomic E-state index is 12.2. The number of carbonyl (C=O) groups is 1. The number of methoxy groups -OCH3 is 1. The first-order chi connectivity index (χ1) is 6.92. The molecule has 0 saturated carbocycles. The Kier molecular flexibility index (Phi) is 3.41. The number of carbonyl (C=O) groups excluding carboxylic acids is 1. The summed E-state index contributed by atoms with van der Waals surface area (Å²) >= 11 is 0. The SMILES string of the molecule is COc1ccc(C(=O)CS(=O)(=O)F)cc1. The molecule has 0 aliphatic rings. The Balaban J connectivity index is 2.84. The average Bonchev–Trinajstić information content (AvgIpc) is 2.15. The van der Waals surface area contributed by atoms with Crippen molar-refractivity contribution in [2.75, 3.05) is 12.9 Å². The molecule has 4 nitrogen and oxygen atoms in total. The van der Waals surface area contributed by atoms with Crippen LogP contribution in [0.2, 0.25) is 0 Å². The molecule has 0 atom stereocenters. The van der Waals surface area contributed by atoms with Gasteiger partial charge < -0.3 is 4.74 Å². The number of halogens is 1. The molecule has 0 aliphatic carbocycles. The van der Waals surface area contributed by atoms with Crippen molar-refractivity contribution in [1.82, 2.24) is 0 Å². The summed E-state index contributed by atoms with van der Waals surface area (Å²) in [6, 6.07) is 5.76. The minimum atomic E-state index is -4.77. The highest BCUT2D eigenvalue weighted by atomic mass is 32.3. The Morgan fingerprint density at radius 1 is 1.33 bits per heavy atom. The minimum absolute atomic E-state index is 0.136. The van der Waals surface area contributed by atoms with Crippen LogP contribution in [0.25, 0.3) is 0 Å². The van der Waals surface area contributed by atoms with E-state index in [-0.39, 0.29) is 5.56 Å². The second-order valence-corrected chi connectivity index (χ2v) is 4.20. The maximum atomic E-state index is 12.2. The lowest BCUT2D eigenvalue weighted by Crippen LogP contribution is -2.11. The van der Waals surface area contributed by atoms with Crippen molar-refractivity contribution < 1.29 is 21.8 Å². The van der Waals surface area contributed by atoms with Crippen LogP contribution in [-0.4, -0.2) is 27.1 Å². The summed E-state index contributed by atoms with van der Waals surface area (Å²) in [5.74, 6) is -1.37. The van der Waals surface area contributed by atoms with E-state index < -0.39 is 21.8 Å². The Morgan fingerprint density at radius 3 is 2.27 bits per heavy atom. The highest BCUT2D eigenvalue weighted by molar-refractivity contribution is 7.87. The van der Waals surface area contributed by atoms with E-state index in [1.807, 2.05) is 0 Å². The van der Waals surface area contributed by atoms with Crippen LogP contribution in [0, 0.1) is 0 Å². The molecule has 0 fully saturated rings. The number of hydrogen-bond acceptors (Lipinski definition) is 4. The Bertz CT molecular complexity index is 450. The number of benzene rings is 1. The summed E-state index contributed by atoms with van der Waals surface area (Å²) in [5.41, 5.74) is 0.136. The Hall–Kier alpha value is -1.43. The number of ether oxygens (including phenoxy) is 1. The summed E-state index contributed by atoms with van der Waals surface area (Å²) in [6.07, 6.45) is 0. The molecule has 0 radical (unpaired) electrons. The Morgan fingerprint density at radius 2 is 1.87 bits per heavy atom. The number of ketones is 1. The van der Waals surface area contributed by atoms with E-state index in [1.165, 1.54) is 31.4 Å². The summed E-state index contributed by atoms with van der Waals surface area (Å²) < 4.78 is 37.5. The zero-order valence-corrected chi connectivity index (χ0v) is 8.75. The first-order valence-corrected chi connectivity index (χ1v) is 5.57. The van der Waals surface area contributed by atoms with E-state index in [9.17, 15) is 17.1 Å². The molecule has 0 heterocycles.